The minimum Gasteiger partial charge on any atom is -0.299 e. The van der Waals surface area contributed by atoms with Crippen molar-refractivity contribution in [3.05, 3.63) is 111 Å². The molecule has 0 fully saturated rings. The zero-order valence-corrected chi connectivity index (χ0v) is 19.7. The van der Waals surface area contributed by atoms with Crippen molar-refractivity contribution in [1.82, 2.24) is 19.1 Å². The van der Waals surface area contributed by atoms with Crippen molar-refractivity contribution >= 4 is 33.6 Å². The first kappa shape index (κ1) is 22.1. The molecule has 7 heteroatoms. The molecular formula is C27H24N4O2S. The molecule has 0 N–H and O–H groups in total. The zero-order chi connectivity index (χ0) is 23.5. The van der Waals surface area contributed by atoms with Crippen LogP contribution in [0.1, 0.15) is 17.8 Å². The van der Waals surface area contributed by atoms with Crippen molar-refractivity contribution in [2.45, 2.75) is 30.3 Å². The van der Waals surface area contributed by atoms with E-state index in [1.165, 1.54) is 17.3 Å². The first-order chi connectivity index (χ1) is 16.6. The Morgan fingerprint density at radius 1 is 0.765 bits per heavy atom. The van der Waals surface area contributed by atoms with Gasteiger partial charge in [-0.05, 0) is 42.7 Å². The van der Waals surface area contributed by atoms with Crippen molar-refractivity contribution in [2.75, 3.05) is 0 Å². The SMILES string of the molecule is Cn1c(CSc2nc3ccccc3c(=O)n2CCCc2ccccc2)nc2ccccc2c1=O. The molecule has 0 radical (unpaired) electrons. The van der Waals surface area contributed by atoms with Crippen LogP contribution in [0.5, 0.6) is 0 Å². The molecule has 0 amide bonds. The molecule has 2 heterocycles. The topological polar surface area (TPSA) is 69.8 Å². The summed E-state index contributed by atoms with van der Waals surface area (Å²) in [5.74, 6) is 1.08. The summed E-state index contributed by atoms with van der Waals surface area (Å²) in [6.07, 6.45) is 1.70. The monoisotopic (exact) mass is 468 g/mol. The van der Waals surface area contributed by atoms with Gasteiger partial charge in [-0.1, -0.05) is 66.4 Å². The lowest BCUT2D eigenvalue weighted by molar-refractivity contribution is 0.563. The van der Waals surface area contributed by atoms with E-state index < -0.39 is 0 Å². The van der Waals surface area contributed by atoms with Gasteiger partial charge in [-0.15, -0.1) is 0 Å². The third-order valence-electron chi connectivity index (χ3n) is 5.92. The Balaban J connectivity index is 1.47. The highest BCUT2D eigenvalue weighted by Gasteiger charge is 2.14. The van der Waals surface area contributed by atoms with Crippen LogP contribution >= 0.6 is 11.8 Å². The average Bonchev–Trinajstić information content (AvgIpc) is 2.87. The maximum atomic E-state index is 13.3. The Kier molecular flexibility index (Phi) is 6.27. The normalized spacial score (nSPS) is 11.3. The summed E-state index contributed by atoms with van der Waals surface area (Å²) in [6, 6.07) is 25.0. The lowest BCUT2D eigenvalue weighted by Gasteiger charge is -2.14. The van der Waals surface area contributed by atoms with Gasteiger partial charge >= 0.3 is 0 Å². The lowest BCUT2D eigenvalue weighted by Crippen LogP contribution is -2.24. The van der Waals surface area contributed by atoms with E-state index in [4.69, 9.17) is 9.97 Å². The van der Waals surface area contributed by atoms with Crippen LogP contribution in [-0.4, -0.2) is 19.1 Å². The summed E-state index contributed by atoms with van der Waals surface area (Å²) < 4.78 is 3.34. The summed E-state index contributed by atoms with van der Waals surface area (Å²) in [6.45, 7) is 0.567. The highest BCUT2D eigenvalue weighted by molar-refractivity contribution is 7.98. The number of hydrogen-bond acceptors (Lipinski definition) is 5. The number of thioether (sulfide) groups is 1. The molecule has 0 aliphatic carbocycles. The Morgan fingerprint density at radius 2 is 1.38 bits per heavy atom. The molecule has 0 spiro atoms. The predicted octanol–water partition coefficient (Wildman–Crippen LogP) is 4.57. The summed E-state index contributed by atoms with van der Waals surface area (Å²) in [5, 5.41) is 1.85. The minimum atomic E-state index is -0.0760. The number of rotatable bonds is 7. The second-order valence-corrected chi connectivity index (χ2v) is 9.10. The van der Waals surface area contributed by atoms with Gasteiger partial charge in [-0.3, -0.25) is 18.7 Å². The molecular weight excluding hydrogens is 444 g/mol. The van der Waals surface area contributed by atoms with Crippen molar-refractivity contribution in [2.24, 2.45) is 7.05 Å². The van der Waals surface area contributed by atoms with E-state index in [9.17, 15) is 9.59 Å². The number of fused-ring (bicyclic) bond motifs is 2. The number of benzene rings is 3. The van der Waals surface area contributed by atoms with Crippen molar-refractivity contribution < 1.29 is 0 Å². The first-order valence-corrected chi connectivity index (χ1v) is 12.2. The van der Waals surface area contributed by atoms with Gasteiger partial charge in [0.2, 0.25) is 0 Å². The second-order valence-electron chi connectivity index (χ2n) is 8.16. The molecule has 5 aromatic rings. The summed E-state index contributed by atoms with van der Waals surface area (Å²) >= 11 is 1.44. The molecule has 0 saturated heterocycles. The second kappa shape index (κ2) is 9.65. The third kappa shape index (κ3) is 4.39. The smallest absolute Gasteiger partial charge is 0.262 e. The van der Waals surface area contributed by atoms with Crippen LogP contribution in [0.15, 0.2) is 93.6 Å². The van der Waals surface area contributed by atoms with Gasteiger partial charge in [-0.25, -0.2) is 9.97 Å². The van der Waals surface area contributed by atoms with Gasteiger partial charge in [0.05, 0.1) is 27.6 Å². The predicted molar refractivity (Wildman–Crippen MR) is 137 cm³/mol. The summed E-state index contributed by atoms with van der Waals surface area (Å²) in [7, 11) is 1.73. The highest BCUT2D eigenvalue weighted by Crippen LogP contribution is 2.22. The molecule has 0 saturated carbocycles. The quantitative estimate of drug-likeness (QED) is 0.259. The van der Waals surface area contributed by atoms with E-state index in [0.29, 0.717) is 45.1 Å². The number of aryl methyl sites for hydroxylation is 1. The number of para-hydroxylation sites is 2. The van der Waals surface area contributed by atoms with E-state index in [-0.39, 0.29) is 11.1 Å². The van der Waals surface area contributed by atoms with E-state index in [1.807, 2.05) is 60.7 Å². The van der Waals surface area contributed by atoms with Crippen molar-refractivity contribution in [3.63, 3.8) is 0 Å². The molecule has 0 bridgehead atoms. The van der Waals surface area contributed by atoms with Crippen LogP contribution in [0.4, 0.5) is 0 Å². The molecule has 0 unspecified atom stereocenters. The van der Waals surface area contributed by atoms with Crippen molar-refractivity contribution in [1.29, 1.82) is 0 Å². The van der Waals surface area contributed by atoms with Gasteiger partial charge in [0.1, 0.15) is 5.82 Å². The Hall–Kier alpha value is -3.71. The maximum Gasteiger partial charge on any atom is 0.262 e. The summed E-state index contributed by atoms with van der Waals surface area (Å²) in [4.78, 5) is 35.6. The largest absolute Gasteiger partial charge is 0.299 e. The standard InChI is InChI=1S/C27H24N4O2S/c1-30-24(28-22-15-7-5-13-20(22)25(30)32)18-34-27-29-23-16-8-6-14-21(23)26(33)31(27)17-9-12-19-10-3-2-4-11-19/h2-8,10-11,13-16H,9,12,17-18H2,1H3. The van der Waals surface area contributed by atoms with E-state index in [2.05, 4.69) is 12.1 Å². The number of nitrogens with zero attached hydrogens (tertiary/aromatic N) is 4. The van der Waals surface area contributed by atoms with E-state index >= 15 is 0 Å². The molecule has 5 rings (SSSR count). The van der Waals surface area contributed by atoms with Crippen LogP contribution in [-0.2, 0) is 25.8 Å². The van der Waals surface area contributed by atoms with Gasteiger partial charge in [-0.2, -0.15) is 0 Å². The molecule has 34 heavy (non-hydrogen) atoms. The van der Waals surface area contributed by atoms with E-state index in [0.717, 1.165) is 12.8 Å². The number of hydrogen-bond donors (Lipinski definition) is 0. The van der Waals surface area contributed by atoms with Crippen LogP contribution in [0.2, 0.25) is 0 Å². The molecule has 2 aromatic heterocycles. The van der Waals surface area contributed by atoms with Crippen molar-refractivity contribution in [3.8, 4) is 0 Å². The van der Waals surface area contributed by atoms with E-state index in [1.54, 1.807) is 22.2 Å². The fourth-order valence-electron chi connectivity index (χ4n) is 4.06. The van der Waals surface area contributed by atoms with Crippen LogP contribution in [0, 0.1) is 0 Å². The zero-order valence-electron chi connectivity index (χ0n) is 18.8. The minimum absolute atomic E-state index is 0.0403. The summed E-state index contributed by atoms with van der Waals surface area (Å²) in [5.41, 5.74) is 2.48. The lowest BCUT2D eigenvalue weighted by atomic mass is 10.1. The molecule has 6 nitrogen and oxygen atoms in total. The molecule has 170 valence electrons. The third-order valence-corrected chi connectivity index (χ3v) is 6.90. The van der Waals surface area contributed by atoms with Crippen LogP contribution < -0.4 is 11.1 Å². The Morgan fingerprint density at radius 3 is 2.12 bits per heavy atom. The van der Waals surface area contributed by atoms with Gasteiger partial charge in [0.25, 0.3) is 11.1 Å². The first-order valence-electron chi connectivity index (χ1n) is 11.2. The Bertz CT molecular complexity index is 1590. The molecule has 0 aliphatic heterocycles. The maximum absolute atomic E-state index is 13.3. The number of aromatic nitrogens is 4. The Labute approximate surface area is 200 Å². The van der Waals surface area contributed by atoms with Gasteiger partial charge in [0, 0.05) is 13.6 Å². The molecule has 0 atom stereocenters. The fourth-order valence-corrected chi connectivity index (χ4v) is 5.07. The average molecular weight is 469 g/mol. The molecule has 0 aliphatic rings. The van der Waals surface area contributed by atoms with Gasteiger partial charge in [0.15, 0.2) is 5.16 Å². The van der Waals surface area contributed by atoms with Gasteiger partial charge < -0.3 is 0 Å². The van der Waals surface area contributed by atoms with Crippen LogP contribution in [0.25, 0.3) is 21.8 Å². The van der Waals surface area contributed by atoms with Crippen LogP contribution in [0.3, 0.4) is 0 Å². The highest BCUT2D eigenvalue weighted by atomic mass is 32.2. The molecule has 3 aromatic carbocycles. The fraction of sp³-hybridized carbons (Fsp3) is 0.185.